The van der Waals surface area contributed by atoms with Crippen LogP contribution in [-0.2, 0) is 9.59 Å². The van der Waals surface area contributed by atoms with E-state index in [0.717, 1.165) is 23.5 Å². The first-order chi connectivity index (χ1) is 12.6. The predicted octanol–water partition coefficient (Wildman–Crippen LogP) is 2.81. The van der Waals surface area contributed by atoms with E-state index in [1.807, 2.05) is 18.2 Å². The Morgan fingerprint density at radius 1 is 1.35 bits per heavy atom. The number of hydrogen-bond acceptors (Lipinski definition) is 6. The lowest BCUT2D eigenvalue weighted by atomic mass is 9.86. The van der Waals surface area contributed by atoms with Crippen LogP contribution in [0.15, 0.2) is 24.3 Å². The number of nitrogens with zero attached hydrogens (tertiary/aromatic N) is 3. The zero-order chi connectivity index (χ0) is 18.1. The van der Waals surface area contributed by atoms with E-state index in [1.54, 1.807) is 18.1 Å². The van der Waals surface area contributed by atoms with Gasteiger partial charge in [-0.25, -0.2) is 0 Å². The molecular weight excluding hydrogens is 352 g/mol. The number of anilines is 2. The summed E-state index contributed by atoms with van der Waals surface area (Å²) < 4.78 is 5.21. The smallest absolute Gasteiger partial charge is 0.231 e. The standard InChI is InChI=1S/C18H20N4O3S/c1-25-14-7-3-6-13(9-14)22-10-12(8-15(22)23)16(24)19-18-21-20-17(26-18)11-4-2-5-11/h3,6-7,9,11-12H,2,4-5,8,10H2,1H3,(H,19,21,24). The molecule has 1 N–H and O–H groups in total. The zero-order valence-corrected chi connectivity index (χ0v) is 15.3. The highest BCUT2D eigenvalue weighted by molar-refractivity contribution is 7.15. The fourth-order valence-electron chi connectivity index (χ4n) is 3.22. The van der Waals surface area contributed by atoms with Crippen molar-refractivity contribution < 1.29 is 14.3 Å². The molecule has 4 rings (SSSR count). The number of amides is 2. The van der Waals surface area contributed by atoms with Gasteiger partial charge in [-0.2, -0.15) is 0 Å². The molecule has 7 nitrogen and oxygen atoms in total. The summed E-state index contributed by atoms with van der Waals surface area (Å²) >= 11 is 1.44. The van der Waals surface area contributed by atoms with Crippen molar-refractivity contribution in [1.82, 2.24) is 10.2 Å². The van der Waals surface area contributed by atoms with Gasteiger partial charge < -0.3 is 15.0 Å². The number of ether oxygens (including phenoxy) is 1. The summed E-state index contributed by atoms with van der Waals surface area (Å²) in [5.41, 5.74) is 0.743. The Morgan fingerprint density at radius 3 is 2.92 bits per heavy atom. The first kappa shape index (κ1) is 17.0. The monoisotopic (exact) mass is 372 g/mol. The summed E-state index contributed by atoms with van der Waals surface area (Å²) in [6, 6.07) is 7.30. The number of benzene rings is 1. The van der Waals surface area contributed by atoms with Crippen LogP contribution in [0.5, 0.6) is 5.75 Å². The molecule has 0 spiro atoms. The molecule has 2 fully saturated rings. The van der Waals surface area contributed by atoms with Crippen molar-refractivity contribution in [2.45, 2.75) is 31.6 Å². The molecule has 136 valence electrons. The third-order valence-electron chi connectivity index (χ3n) is 4.99. The lowest BCUT2D eigenvalue weighted by Crippen LogP contribution is -2.28. The average Bonchev–Trinajstić information content (AvgIpc) is 3.20. The maximum atomic E-state index is 12.5. The van der Waals surface area contributed by atoms with Crippen LogP contribution in [-0.4, -0.2) is 35.7 Å². The fraction of sp³-hybridized carbons (Fsp3) is 0.444. The van der Waals surface area contributed by atoms with E-state index in [0.29, 0.717) is 23.3 Å². The van der Waals surface area contributed by atoms with Gasteiger partial charge >= 0.3 is 0 Å². The maximum absolute atomic E-state index is 12.5. The van der Waals surface area contributed by atoms with Gasteiger partial charge in [0.25, 0.3) is 0 Å². The van der Waals surface area contributed by atoms with Crippen LogP contribution >= 0.6 is 11.3 Å². The van der Waals surface area contributed by atoms with Gasteiger partial charge in [0, 0.05) is 30.6 Å². The minimum Gasteiger partial charge on any atom is -0.497 e. The second kappa shape index (κ2) is 7.03. The Balaban J connectivity index is 1.41. The zero-order valence-electron chi connectivity index (χ0n) is 14.5. The summed E-state index contributed by atoms with van der Waals surface area (Å²) in [4.78, 5) is 26.5. The number of aromatic nitrogens is 2. The van der Waals surface area contributed by atoms with Crippen molar-refractivity contribution in [3.8, 4) is 5.75 Å². The van der Waals surface area contributed by atoms with Crippen molar-refractivity contribution in [1.29, 1.82) is 0 Å². The van der Waals surface area contributed by atoms with E-state index >= 15 is 0 Å². The first-order valence-electron chi connectivity index (χ1n) is 8.72. The maximum Gasteiger partial charge on any atom is 0.231 e. The normalized spacial score (nSPS) is 20.1. The Bertz CT molecular complexity index is 833. The third kappa shape index (κ3) is 3.29. The molecule has 1 aliphatic carbocycles. The quantitative estimate of drug-likeness (QED) is 0.872. The molecule has 1 aliphatic heterocycles. The minimum atomic E-state index is -0.398. The largest absolute Gasteiger partial charge is 0.497 e. The molecule has 1 saturated carbocycles. The van der Waals surface area contributed by atoms with Gasteiger partial charge in [-0.1, -0.05) is 23.8 Å². The Hall–Kier alpha value is -2.48. The topological polar surface area (TPSA) is 84.4 Å². The average molecular weight is 372 g/mol. The SMILES string of the molecule is COc1cccc(N2CC(C(=O)Nc3nnc(C4CCC4)s3)CC2=O)c1. The summed E-state index contributed by atoms with van der Waals surface area (Å²) in [7, 11) is 1.58. The van der Waals surface area contributed by atoms with E-state index in [2.05, 4.69) is 15.5 Å². The van der Waals surface area contributed by atoms with Gasteiger partial charge in [0.15, 0.2) is 0 Å². The van der Waals surface area contributed by atoms with Crippen molar-refractivity contribution in [3.05, 3.63) is 29.3 Å². The Kier molecular flexibility index (Phi) is 4.58. The minimum absolute atomic E-state index is 0.0641. The lowest BCUT2D eigenvalue weighted by molar-refractivity contribution is -0.122. The van der Waals surface area contributed by atoms with Crippen molar-refractivity contribution in [2.24, 2.45) is 5.92 Å². The van der Waals surface area contributed by atoms with E-state index in [-0.39, 0.29) is 18.2 Å². The summed E-state index contributed by atoms with van der Waals surface area (Å²) in [5.74, 6) is 0.533. The van der Waals surface area contributed by atoms with Crippen LogP contribution < -0.4 is 15.0 Å². The molecule has 2 heterocycles. The van der Waals surface area contributed by atoms with Gasteiger partial charge in [-0.3, -0.25) is 9.59 Å². The molecule has 0 radical (unpaired) electrons. The lowest BCUT2D eigenvalue weighted by Gasteiger charge is -2.21. The van der Waals surface area contributed by atoms with E-state index in [9.17, 15) is 9.59 Å². The fourth-order valence-corrected chi connectivity index (χ4v) is 4.14. The predicted molar refractivity (Wildman–Crippen MR) is 98.6 cm³/mol. The molecule has 1 unspecified atom stereocenters. The van der Waals surface area contributed by atoms with Gasteiger partial charge in [0.2, 0.25) is 16.9 Å². The van der Waals surface area contributed by atoms with E-state index in [4.69, 9.17) is 4.74 Å². The van der Waals surface area contributed by atoms with Crippen LogP contribution in [0.2, 0.25) is 0 Å². The van der Waals surface area contributed by atoms with Crippen molar-refractivity contribution in [2.75, 3.05) is 23.9 Å². The highest BCUT2D eigenvalue weighted by Crippen LogP contribution is 2.38. The first-order valence-corrected chi connectivity index (χ1v) is 9.54. The summed E-state index contributed by atoms with van der Waals surface area (Å²) in [6.45, 7) is 0.353. The Labute approximate surface area is 155 Å². The molecular formula is C18H20N4O3S. The van der Waals surface area contributed by atoms with Crippen LogP contribution in [0, 0.1) is 5.92 Å². The number of nitrogens with one attached hydrogen (secondary N) is 1. The van der Waals surface area contributed by atoms with Crippen molar-refractivity contribution in [3.63, 3.8) is 0 Å². The highest BCUT2D eigenvalue weighted by atomic mass is 32.1. The van der Waals surface area contributed by atoms with Gasteiger partial charge in [-0.15, -0.1) is 10.2 Å². The third-order valence-corrected chi connectivity index (χ3v) is 5.99. The molecule has 2 amide bonds. The number of carbonyl (C=O) groups is 2. The summed E-state index contributed by atoms with van der Waals surface area (Å²) in [5, 5.41) is 12.6. The molecule has 0 bridgehead atoms. The van der Waals surface area contributed by atoms with Crippen LogP contribution in [0.4, 0.5) is 10.8 Å². The molecule has 1 atom stereocenters. The number of rotatable bonds is 5. The van der Waals surface area contributed by atoms with Gasteiger partial charge in [0.05, 0.1) is 13.0 Å². The molecule has 2 aromatic rings. The number of hydrogen-bond donors (Lipinski definition) is 1. The van der Waals surface area contributed by atoms with Gasteiger partial charge in [-0.05, 0) is 25.0 Å². The van der Waals surface area contributed by atoms with E-state index in [1.165, 1.54) is 17.8 Å². The molecule has 1 saturated heterocycles. The molecule has 1 aromatic heterocycles. The molecule has 26 heavy (non-hydrogen) atoms. The van der Waals surface area contributed by atoms with Crippen LogP contribution in [0.3, 0.4) is 0 Å². The van der Waals surface area contributed by atoms with Crippen molar-refractivity contribution >= 4 is 34.0 Å². The molecule has 2 aliphatic rings. The number of methoxy groups -OCH3 is 1. The Morgan fingerprint density at radius 2 is 2.19 bits per heavy atom. The van der Waals surface area contributed by atoms with Crippen LogP contribution in [0.1, 0.15) is 36.6 Å². The second-order valence-electron chi connectivity index (χ2n) is 6.67. The molecule has 1 aromatic carbocycles. The summed E-state index contributed by atoms with van der Waals surface area (Å²) in [6.07, 6.45) is 3.72. The number of carbonyl (C=O) groups excluding carboxylic acids is 2. The van der Waals surface area contributed by atoms with Crippen LogP contribution in [0.25, 0.3) is 0 Å². The van der Waals surface area contributed by atoms with Gasteiger partial charge in [0.1, 0.15) is 10.8 Å². The van der Waals surface area contributed by atoms with E-state index < -0.39 is 5.92 Å². The highest BCUT2D eigenvalue weighted by Gasteiger charge is 2.35. The molecule has 8 heteroatoms. The second-order valence-corrected chi connectivity index (χ2v) is 7.68.